The molecule has 9 nitrogen and oxygen atoms in total. The minimum absolute atomic E-state index is 0.00228. The maximum absolute atomic E-state index is 12.9. The summed E-state index contributed by atoms with van der Waals surface area (Å²) in [6, 6.07) is 8.50. The van der Waals surface area contributed by atoms with Gasteiger partial charge in [0.05, 0.1) is 18.9 Å². The molecule has 1 unspecified atom stereocenters. The monoisotopic (exact) mass is 403 g/mol. The molecule has 2 aromatic rings. The Morgan fingerprint density at radius 1 is 1.28 bits per heavy atom. The predicted octanol–water partition coefficient (Wildman–Crippen LogP) is 2.55. The molecular weight excluding hydrogens is 374 g/mol. The number of nitrogens with one attached hydrogen (secondary N) is 2. The van der Waals surface area contributed by atoms with E-state index in [2.05, 4.69) is 20.6 Å². The third-order valence-electron chi connectivity index (χ3n) is 3.88. The van der Waals surface area contributed by atoms with Gasteiger partial charge < -0.3 is 25.2 Å². The molecule has 9 heteroatoms. The largest absolute Gasteiger partial charge is 0.494 e. The van der Waals surface area contributed by atoms with E-state index in [4.69, 9.17) is 14.6 Å². The van der Waals surface area contributed by atoms with Gasteiger partial charge in [0.15, 0.2) is 0 Å². The molecule has 3 N–H and O–H groups in total. The van der Waals surface area contributed by atoms with Crippen LogP contribution >= 0.6 is 0 Å². The van der Waals surface area contributed by atoms with Crippen molar-refractivity contribution in [3.63, 3.8) is 0 Å². The van der Waals surface area contributed by atoms with Crippen LogP contribution in [-0.4, -0.2) is 60.6 Å². The number of methoxy groups -OCH3 is 1. The molecule has 2 rings (SSSR count). The maximum Gasteiger partial charge on any atom is 0.327 e. The van der Waals surface area contributed by atoms with E-state index in [-0.39, 0.29) is 18.7 Å². The first kappa shape index (κ1) is 22.4. The Kier molecular flexibility index (Phi) is 9.13. The van der Waals surface area contributed by atoms with Gasteiger partial charge >= 0.3 is 6.03 Å². The number of hydrogen-bond donors (Lipinski definition) is 3. The summed E-state index contributed by atoms with van der Waals surface area (Å²) in [5.74, 6) is 1.53. The van der Waals surface area contributed by atoms with E-state index < -0.39 is 0 Å². The summed E-state index contributed by atoms with van der Waals surface area (Å²) >= 11 is 0. The number of carbonyl (C=O) groups is 1. The fourth-order valence-corrected chi connectivity index (χ4v) is 2.62. The number of aliphatic hydroxyl groups excluding tert-OH is 1. The van der Waals surface area contributed by atoms with E-state index in [1.165, 1.54) is 4.90 Å². The first-order valence-electron chi connectivity index (χ1n) is 9.59. The predicted molar refractivity (Wildman–Crippen MR) is 112 cm³/mol. The van der Waals surface area contributed by atoms with Crippen LogP contribution in [0.5, 0.6) is 5.75 Å². The van der Waals surface area contributed by atoms with Gasteiger partial charge in [-0.25, -0.2) is 14.7 Å². The van der Waals surface area contributed by atoms with Crippen LogP contribution in [0.4, 0.5) is 22.2 Å². The summed E-state index contributed by atoms with van der Waals surface area (Å²) in [5.41, 5.74) is 0.629. The lowest BCUT2D eigenvalue weighted by Gasteiger charge is -2.23. The van der Waals surface area contributed by atoms with Crippen molar-refractivity contribution in [3.05, 3.63) is 36.5 Å². The van der Waals surface area contributed by atoms with Crippen molar-refractivity contribution in [1.29, 1.82) is 0 Å². The van der Waals surface area contributed by atoms with E-state index >= 15 is 0 Å². The SMILES string of the molecule is CCOc1ccc(N(C(=O)NCCCO)c2ccnc(NC(C)COC)n2)cc1. The molecule has 0 aliphatic carbocycles. The standard InChI is InChI=1S/C20H29N5O4/c1-4-29-17-8-6-16(7-9-17)25(20(27)22-11-5-13-26)18-10-12-21-19(24-18)23-15(2)14-28-3/h6-10,12,15,26H,4-5,11,13-14H2,1-3H3,(H,22,27)(H,21,23,24). The average molecular weight is 403 g/mol. The van der Waals surface area contributed by atoms with Crippen LogP contribution < -0.4 is 20.3 Å². The Bertz CT molecular complexity index is 757. The van der Waals surface area contributed by atoms with Crippen LogP contribution in [0.15, 0.2) is 36.5 Å². The lowest BCUT2D eigenvalue weighted by Crippen LogP contribution is -2.38. The number of aromatic nitrogens is 2. The van der Waals surface area contributed by atoms with Gasteiger partial charge in [-0.2, -0.15) is 4.98 Å². The van der Waals surface area contributed by atoms with Gasteiger partial charge in [0.2, 0.25) is 5.95 Å². The third kappa shape index (κ3) is 6.88. The number of nitrogens with zero attached hydrogens (tertiary/aromatic N) is 3. The van der Waals surface area contributed by atoms with E-state index in [9.17, 15) is 4.79 Å². The molecule has 0 fully saturated rings. The molecule has 1 heterocycles. The maximum atomic E-state index is 12.9. The smallest absolute Gasteiger partial charge is 0.327 e. The summed E-state index contributed by atoms with van der Waals surface area (Å²) < 4.78 is 10.6. The summed E-state index contributed by atoms with van der Waals surface area (Å²) in [6.07, 6.45) is 2.06. The molecule has 0 aliphatic heterocycles. The second-order valence-electron chi connectivity index (χ2n) is 6.31. The van der Waals surface area contributed by atoms with E-state index in [1.807, 2.05) is 13.8 Å². The molecule has 1 aromatic carbocycles. The second kappa shape index (κ2) is 11.8. The Labute approximate surface area is 171 Å². The van der Waals surface area contributed by atoms with Crippen LogP contribution in [0, 0.1) is 0 Å². The van der Waals surface area contributed by atoms with E-state index in [0.717, 1.165) is 5.75 Å². The van der Waals surface area contributed by atoms with Gasteiger partial charge in [-0.3, -0.25) is 0 Å². The summed E-state index contributed by atoms with van der Waals surface area (Å²) in [6.45, 7) is 5.27. The third-order valence-corrected chi connectivity index (χ3v) is 3.88. The number of ether oxygens (including phenoxy) is 2. The number of amides is 2. The van der Waals surface area contributed by atoms with Gasteiger partial charge in [-0.15, -0.1) is 0 Å². The van der Waals surface area contributed by atoms with Crippen molar-refractivity contribution in [2.45, 2.75) is 26.3 Å². The molecule has 0 bridgehead atoms. The van der Waals surface area contributed by atoms with Crippen molar-refractivity contribution < 1.29 is 19.4 Å². The first-order valence-corrected chi connectivity index (χ1v) is 9.59. The zero-order chi connectivity index (χ0) is 21.1. The molecule has 0 aliphatic rings. The van der Waals surface area contributed by atoms with Crippen molar-refractivity contribution in [3.8, 4) is 5.75 Å². The van der Waals surface area contributed by atoms with Crippen LogP contribution in [-0.2, 0) is 4.74 Å². The number of aliphatic hydroxyl groups is 1. The van der Waals surface area contributed by atoms with E-state index in [0.29, 0.717) is 43.6 Å². The molecular formula is C20H29N5O4. The Balaban J connectivity index is 2.30. The lowest BCUT2D eigenvalue weighted by molar-refractivity contribution is 0.190. The van der Waals surface area contributed by atoms with Gasteiger partial charge in [-0.1, -0.05) is 0 Å². The van der Waals surface area contributed by atoms with E-state index in [1.54, 1.807) is 43.6 Å². The molecule has 29 heavy (non-hydrogen) atoms. The fraction of sp³-hybridized carbons (Fsp3) is 0.450. The van der Waals surface area contributed by atoms with Crippen molar-refractivity contribution in [2.24, 2.45) is 0 Å². The van der Waals surface area contributed by atoms with Crippen LogP contribution in [0.25, 0.3) is 0 Å². The van der Waals surface area contributed by atoms with Crippen LogP contribution in [0.1, 0.15) is 20.3 Å². The topological polar surface area (TPSA) is 109 Å². The minimum Gasteiger partial charge on any atom is -0.494 e. The number of anilines is 3. The molecule has 0 saturated heterocycles. The molecule has 1 aromatic heterocycles. The van der Waals surface area contributed by atoms with Gasteiger partial charge in [0, 0.05) is 38.6 Å². The van der Waals surface area contributed by atoms with Gasteiger partial charge in [0.1, 0.15) is 11.6 Å². The average Bonchev–Trinajstić information content (AvgIpc) is 2.70. The molecule has 1 atom stereocenters. The van der Waals surface area contributed by atoms with Crippen LogP contribution in [0.3, 0.4) is 0 Å². The molecule has 158 valence electrons. The highest BCUT2D eigenvalue weighted by Crippen LogP contribution is 2.26. The quantitative estimate of drug-likeness (QED) is 0.495. The molecule has 0 radical (unpaired) electrons. The Morgan fingerprint density at radius 3 is 2.69 bits per heavy atom. The van der Waals surface area contributed by atoms with Crippen molar-refractivity contribution in [1.82, 2.24) is 15.3 Å². The molecule has 0 spiro atoms. The highest BCUT2D eigenvalue weighted by molar-refractivity contribution is 5.98. The Morgan fingerprint density at radius 2 is 2.03 bits per heavy atom. The number of rotatable bonds is 11. The highest BCUT2D eigenvalue weighted by Gasteiger charge is 2.20. The highest BCUT2D eigenvalue weighted by atomic mass is 16.5. The number of hydrogen-bond acceptors (Lipinski definition) is 7. The second-order valence-corrected chi connectivity index (χ2v) is 6.31. The van der Waals surface area contributed by atoms with Crippen molar-refractivity contribution in [2.75, 3.05) is 43.7 Å². The van der Waals surface area contributed by atoms with Gasteiger partial charge in [-0.05, 0) is 44.5 Å². The summed E-state index contributed by atoms with van der Waals surface area (Å²) in [5, 5.41) is 14.9. The lowest BCUT2D eigenvalue weighted by atomic mass is 10.2. The first-order chi connectivity index (χ1) is 14.1. The van der Waals surface area contributed by atoms with Gasteiger partial charge in [0.25, 0.3) is 0 Å². The number of carbonyl (C=O) groups excluding carboxylic acids is 1. The minimum atomic E-state index is -0.350. The van der Waals surface area contributed by atoms with Crippen molar-refractivity contribution >= 4 is 23.5 Å². The summed E-state index contributed by atoms with van der Waals surface area (Å²) in [7, 11) is 1.62. The zero-order valence-corrected chi connectivity index (χ0v) is 17.1. The number of urea groups is 1. The Hall–Kier alpha value is -2.91. The van der Waals surface area contributed by atoms with Crippen LogP contribution in [0.2, 0.25) is 0 Å². The summed E-state index contributed by atoms with van der Waals surface area (Å²) in [4.78, 5) is 23.0. The fourth-order valence-electron chi connectivity index (χ4n) is 2.62. The zero-order valence-electron chi connectivity index (χ0n) is 17.1. The number of benzene rings is 1. The normalized spacial score (nSPS) is 11.6. The molecule has 2 amide bonds. The molecule has 0 saturated carbocycles.